The van der Waals surface area contributed by atoms with Crippen molar-refractivity contribution in [3.8, 4) is 0 Å². The monoisotopic (exact) mass is 221 g/mol. The van der Waals surface area contributed by atoms with Crippen molar-refractivity contribution in [1.82, 2.24) is 4.90 Å². The molecule has 1 aliphatic rings. The highest BCUT2D eigenvalue weighted by atomic mass is 19.3. The van der Waals surface area contributed by atoms with Crippen LogP contribution in [0.5, 0.6) is 0 Å². The molecular formula is C10H17F2NO2. The summed E-state index contributed by atoms with van der Waals surface area (Å²) in [6.45, 7) is 0.0792. The molecule has 0 aromatic carbocycles. The highest BCUT2D eigenvalue weighted by Crippen LogP contribution is 2.22. The minimum absolute atomic E-state index is 0.102. The van der Waals surface area contributed by atoms with E-state index in [1.165, 1.54) is 4.90 Å². The van der Waals surface area contributed by atoms with Crippen molar-refractivity contribution in [3.05, 3.63) is 0 Å². The van der Waals surface area contributed by atoms with E-state index in [0.717, 1.165) is 12.8 Å². The van der Waals surface area contributed by atoms with Crippen LogP contribution in [-0.2, 0) is 4.79 Å². The van der Waals surface area contributed by atoms with Gasteiger partial charge in [0.1, 0.15) is 5.78 Å². The molecule has 0 aromatic heterocycles. The standard InChI is InChI=1S/C10H17F2NO2/c11-10(12)7-13(4-5-14)6-8-2-1-3-9(8)15/h8,10,14H,1-7H2. The fraction of sp³-hybridized carbons (Fsp3) is 0.900. The van der Waals surface area contributed by atoms with E-state index < -0.39 is 6.43 Å². The molecule has 5 heteroatoms. The normalized spacial score (nSPS) is 21.9. The van der Waals surface area contributed by atoms with Crippen LogP contribution in [-0.4, -0.2) is 48.5 Å². The molecule has 1 N–H and O–H groups in total. The number of aliphatic hydroxyl groups excluding tert-OH is 1. The number of Topliss-reactive ketones (excluding diaryl/α,β-unsaturated/α-hetero) is 1. The molecule has 15 heavy (non-hydrogen) atoms. The third-order valence-electron chi connectivity index (χ3n) is 2.72. The van der Waals surface area contributed by atoms with Crippen molar-refractivity contribution in [2.24, 2.45) is 5.92 Å². The van der Waals surface area contributed by atoms with Crippen LogP contribution in [0.3, 0.4) is 0 Å². The number of carbonyl (C=O) groups is 1. The Hall–Kier alpha value is -0.550. The van der Waals surface area contributed by atoms with Gasteiger partial charge in [0.05, 0.1) is 13.2 Å². The van der Waals surface area contributed by atoms with Gasteiger partial charge in [-0.1, -0.05) is 0 Å². The van der Waals surface area contributed by atoms with Crippen LogP contribution in [0.2, 0.25) is 0 Å². The lowest BCUT2D eigenvalue weighted by molar-refractivity contribution is -0.121. The van der Waals surface area contributed by atoms with Crippen LogP contribution in [0.4, 0.5) is 8.78 Å². The van der Waals surface area contributed by atoms with Gasteiger partial charge in [0.2, 0.25) is 0 Å². The van der Waals surface area contributed by atoms with Gasteiger partial charge >= 0.3 is 0 Å². The van der Waals surface area contributed by atoms with E-state index in [-0.39, 0.29) is 31.4 Å². The maximum atomic E-state index is 12.2. The first kappa shape index (κ1) is 12.5. The first-order valence-corrected chi connectivity index (χ1v) is 5.27. The summed E-state index contributed by atoms with van der Waals surface area (Å²) in [7, 11) is 0. The van der Waals surface area contributed by atoms with Gasteiger partial charge < -0.3 is 5.11 Å². The smallest absolute Gasteiger partial charge is 0.251 e. The second kappa shape index (κ2) is 6.12. The van der Waals surface area contributed by atoms with Gasteiger partial charge in [0.25, 0.3) is 6.43 Å². The molecular weight excluding hydrogens is 204 g/mol. The first-order valence-electron chi connectivity index (χ1n) is 5.27. The molecule has 1 fully saturated rings. The summed E-state index contributed by atoms with van der Waals surface area (Å²) in [5, 5.41) is 8.72. The van der Waals surface area contributed by atoms with Crippen molar-refractivity contribution in [2.75, 3.05) is 26.2 Å². The maximum Gasteiger partial charge on any atom is 0.251 e. The van der Waals surface area contributed by atoms with E-state index in [2.05, 4.69) is 0 Å². The minimum Gasteiger partial charge on any atom is -0.395 e. The quantitative estimate of drug-likeness (QED) is 0.725. The van der Waals surface area contributed by atoms with Gasteiger partial charge in [-0.3, -0.25) is 9.69 Å². The van der Waals surface area contributed by atoms with E-state index >= 15 is 0 Å². The van der Waals surface area contributed by atoms with Crippen LogP contribution in [0.25, 0.3) is 0 Å². The molecule has 3 nitrogen and oxygen atoms in total. The van der Waals surface area contributed by atoms with Crippen molar-refractivity contribution < 1.29 is 18.7 Å². The molecule has 0 aliphatic heterocycles. The summed E-state index contributed by atoms with van der Waals surface area (Å²) in [6, 6.07) is 0. The van der Waals surface area contributed by atoms with Gasteiger partial charge in [-0.15, -0.1) is 0 Å². The molecule has 0 amide bonds. The Morgan fingerprint density at radius 2 is 2.27 bits per heavy atom. The van der Waals surface area contributed by atoms with E-state index in [1.54, 1.807) is 0 Å². The number of ketones is 1. The van der Waals surface area contributed by atoms with Crippen LogP contribution in [0.15, 0.2) is 0 Å². The highest BCUT2D eigenvalue weighted by molar-refractivity contribution is 5.83. The number of nitrogens with zero attached hydrogens (tertiary/aromatic N) is 1. The van der Waals surface area contributed by atoms with Crippen LogP contribution >= 0.6 is 0 Å². The summed E-state index contributed by atoms with van der Waals surface area (Å²) in [6.07, 6.45) is -0.172. The van der Waals surface area contributed by atoms with E-state index in [4.69, 9.17) is 5.11 Å². The minimum atomic E-state index is -2.41. The summed E-state index contributed by atoms with van der Waals surface area (Å²) in [5.41, 5.74) is 0. The van der Waals surface area contributed by atoms with Gasteiger partial charge in [-0.05, 0) is 12.8 Å². The van der Waals surface area contributed by atoms with Gasteiger partial charge in [0.15, 0.2) is 0 Å². The Bertz CT molecular complexity index is 212. The van der Waals surface area contributed by atoms with Crippen molar-refractivity contribution in [2.45, 2.75) is 25.7 Å². The Morgan fingerprint density at radius 1 is 1.53 bits per heavy atom. The maximum absolute atomic E-state index is 12.2. The summed E-state index contributed by atoms with van der Waals surface area (Å²) in [5.74, 6) is 0.0718. The molecule has 1 atom stereocenters. The van der Waals surface area contributed by atoms with Crippen LogP contribution in [0, 0.1) is 5.92 Å². The molecule has 1 unspecified atom stereocenters. The molecule has 1 saturated carbocycles. The number of halogens is 2. The second-order valence-corrected chi connectivity index (χ2v) is 3.93. The molecule has 1 aliphatic carbocycles. The topological polar surface area (TPSA) is 40.5 Å². The van der Waals surface area contributed by atoms with Gasteiger partial charge in [-0.2, -0.15) is 0 Å². The number of carbonyl (C=O) groups excluding carboxylic acids is 1. The Kier molecular flexibility index (Phi) is 5.11. The SMILES string of the molecule is O=C1CCCC1CN(CCO)CC(F)F. The number of aliphatic hydroxyl groups is 1. The van der Waals surface area contributed by atoms with Crippen LogP contribution in [0.1, 0.15) is 19.3 Å². The Balaban J connectivity index is 2.38. The van der Waals surface area contributed by atoms with Gasteiger partial charge in [-0.25, -0.2) is 8.78 Å². The molecule has 0 heterocycles. The zero-order valence-electron chi connectivity index (χ0n) is 8.66. The van der Waals surface area contributed by atoms with E-state index in [0.29, 0.717) is 13.0 Å². The lowest BCUT2D eigenvalue weighted by Crippen LogP contribution is -2.36. The summed E-state index contributed by atoms with van der Waals surface area (Å²) >= 11 is 0. The first-order chi connectivity index (χ1) is 7.13. The molecule has 0 aromatic rings. The number of alkyl halides is 2. The predicted molar refractivity (Wildman–Crippen MR) is 51.9 cm³/mol. The average molecular weight is 221 g/mol. The average Bonchev–Trinajstić information content (AvgIpc) is 2.51. The highest BCUT2D eigenvalue weighted by Gasteiger charge is 2.27. The van der Waals surface area contributed by atoms with Crippen molar-refractivity contribution >= 4 is 5.78 Å². The van der Waals surface area contributed by atoms with E-state index in [1.807, 2.05) is 0 Å². The van der Waals surface area contributed by atoms with Gasteiger partial charge in [0, 0.05) is 25.4 Å². The predicted octanol–water partition coefficient (Wildman–Crippen LogP) is 0.915. The lowest BCUT2D eigenvalue weighted by atomic mass is 10.1. The Morgan fingerprint density at radius 3 is 2.73 bits per heavy atom. The molecule has 0 radical (unpaired) electrons. The molecule has 0 spiro atoms. The lowest BCUT2D eigenvalue weighted by Gasteiger charge is -2.23. The third-order valence-corrected chi connectivity index (χ3v) is 2.72. The van der Waals surface area contributed by atoms with Crippen LogP contribution < -0.4 is 0 Å². The largest absolute Gasteiger partial charge is 0.395 e. The number of hydrogen-bond donors (Lipinski definition) is 1. The number of hydrogen-bond acceptors (Lipinski definition) is 3. The molecule has 0 bridgehead atoms. The van der Waals surface area contributed by atoms with Crippen molar-refractivity contribution in [1.29, 1.82) is 0 Å². The van der Waals surface area contributed by atoms with Crippen molar-refractivity contribution in [3.63, 3.8) is 0 Å². The molecule has 0 saturated heterocycles. The fourth-order valence-corrected chi connectivity index (χ4v) is 1.99. The zero-order chi connectivity index (χ0) is 11.3. The number of rotatable bonds is 6. The second-order valence-electron chi connectivity index (χ2n) is 3.93. The molecule has 1 rings (SSSR count). The Labute approximate surface area is 88.1 Å². The fourth-order valence-electron chi connectivity index (χ4n) is 1.99. The zero-order valence-corrected chi connectivity index (χ0v) is 8.66. The third kappa shape index (κ3) is 4.22. The summed E-state index contributed by atoms with van der Waals surface area (Å²) in [4.78, 5) is 12.8. The summed E-state index contributed by atoms with van der Waals surface area (Å²) < 4.78 is 24.3. The molecule has 88 valence electrons. The van der Waals surface area contributed by atoms with E-state index in [9.17, 15) is 13.6 Å².